The maximum atomic E-state index is 2.47. The topological polar surface area (TPSA) is 9.86 Å². The van der Waals surface area contributed by atoms with Crippen LogP contribution in [0.15, 0.2) is 267 Å². The molecule has 0 atom stereocenters. The van der Waals surface area contributed by atoms with Gasteiger partial charge in [0.25, 0.3) is 0 Å². The van der Waals surface area contributed by atoms with E-state index in [0.717, 1.165) is 11.4 Å². The Labute approximate surface area is 395 Å². The van der Waals surface area contributed by atoms with Crippen LogP contribution in [0.2, 0.25) is 0 Å². The summed E-state index contributed by atoms with van der Waals surface area (Å²) in [6.45, 7) is 0. The highest BCUT2D eigenvalue weighted by Crippen LogP contribution is 2.43. The van der Waals surface area contributed by atoms with E-state index in [2.05, 4.69) is 276 Å². The number of hydrogen-bond acceptors (Lipinski definition) is 0. The van der Waals surface area contributed by atoms with Crippen LogP contribution < -0.4 is 0 Å². The molecule has 0 aliphatic carbocycles. The van der Waals surface area contributed by atoms with Crippen molar-refractivity contribution < 1.29 is 0 Å². The van der Waals surface area contributed by atoms with Gasteiger partial charge in [0.2, 0.25) is 0 Å². The minimum atomic E-state index is 1.14. The lowest BCUT2D eigenvalue weighted by Gasteiger charge is -2.16. The van der Waals surface area contributed by atoms with Crippen LogP contribution in [-0.4, -0.2) is 9.13 Å². The molecule has 0 saturated heterocycles. The molecule has 0 aliphatic heterocycles. The van der Waals surface area contributed by atoms with Gasteiger partial charge in [0.1, 0.15) is 0 Å². The van der Waals surface area contributed by atoms with E-state index >= 15 is 0 Å². The van der Waals surface area contributed by atoms with Crippen LogP contribution >= 0.6 is 0 Å². The standard InChI is InChI=1S/C66H44N2/c1-5-18-45(19-6-1)49-26-15-27-50(40-49)52-34-37-62(58(42-52)48-24-11-4-12-25-48)68-61-32-14-13-30-57(61)59-43-53(35-38-63(59)68)54-36-39-64-60(44-54)66-56(47-22-9-3-10-23-47)31-17-33-65(66)67(64)55-29-16-28-51(41-55)46-20-7-2-8-21-46/h1-44H. The summed E-state index contributed by atoms with van der Waals surface area (Å²) in [4.78, 5) is 0. The van der Waals surface area contributed by atoms with E-state index in [1.165, 1.54) is 110 Å². The fourth-order valence-corrected chi connectivity index (χ4v) is 10.5. The summed E-state index contributed by atoms with van der Waals surface area (Å²) in [5.41, 5.74) is 21.4. The number of nitrogens with zero attached hydrogens (tertiary/aromatic N) is 2. The van der Waals surface area contributed by atoms with Crippen molar-refractivity contribution in [2.75, 3.05) is 0 Å². The third-order valence-corrected chi connectivity index (χ3v) is 13.7. The molecule has 13 aromatic rings. The summed E-state index contributed by atoms with van der Waals surface area (Å²) in [7, 11) is 0. The lowest BCUT2D eigenvalue weighted by molar-refractivity contribution is 1.18. The molecule has 0 saturated carbocycles. The van der Waals surface area contributed by atoms with E-state index in [1.54, 1.807) is 0 Å². The van der Waals surface area contributed by atoms with Gasteiger partial charge in [-0.25, -0.2) is 0 Å². The highest BCUT2D eigenvalue weighted by molar-refractivity contribution is 6.17. The zero-order valence-corrected chi connectivity index (χ0v) is 37.3. The highest BCUT2D eigenvalue weighted by Gasteiger charge is 2.20. The number of aromatic nitrogens is 2. The first kappa shape index (κ1) is 39.4. The van der Waals surface area contributed by atoms with Gasteiger partial charge in [0, 0.05) is 32.8 Å². The van der Waals surface area contributed by atoms with Crippen LogP contribution in [0.3, 0.4) is 0 Å². The number of para-hydroxylation sites is 1. The van der Waals surface area contributed by atoms with Gasteiger partial charge in [0.05, 0.1) is 27.8 Å². The fourth-order valence-electron chi connectivity index (χ4n) is 10.5. The van der Waals surface area contributed by atoms with Gasteiger partial charge in [-0.05, 0) is 128 Å². The molecule has 0 unspecified atom stereocenters. The third kappa shape index (κ3) is 6.73. The van der Waals surface area contributed by atoms with Gasteiger partial charge in [-0.1, -0.05) is 200 Å². The predicted octanol–water partition coefficient (Wildman–Crippen LogP) is 17.9. The van der Waals surface area contributed by atoms with Gasteiger partial charge in [-0.3, -0.25) is 0 Å². The molecular formula is C66H44N2. The van der Waals surface area contributed by atoms with Crippen molar-refractivity contribution in [2.45, 2.75) is 0 Å². The SMILES string of the molecule is c1ccc(-c2cccc(-c3ccc(-n4c5ccccc5c5cc(-c6ccc7c(c6)c6c(-c8ccccc8)cccc6n7-c6cccc(-c7ccccc7)c6)ccc54)c(-c4ccccc4)c3)c2)cc1. The average molecular weight is 865 g/mol. The Kier molecular flexibility index (Phi) is 9.54. The van der Waals surface area contributed by atoms with Crippen molar-refractivity contribution in [3.05, 3.63) is 267 Å². The number of hydrogen-bond donors (Lipinski definition) is 0. The van der Waals surface area contributed by atoms with Crippen molar-refractivity contribution in [2.24, 2.45) is 0 Å². The van der Waals surface area contributed by atoms with Gasteiger partial charge in [-0.15, -0.1) is 0 Å². The summed E-state index contributed by atoms with van der Waals surface area (Å²) in [6.07, 6.45) is 0. The molecule has 2 aromatic heterocycles. The molecule has 0 bridgehead atoms. The zero-order valence-electron chi connectivity index (χ0n) is 37.3. The van der Waals surface area contributed by atoms with Gasteiger partial charge in [-0.2, -0.15) is 0 Å². The van der Waals surface area contributed by atoms with E-state index in [-0.39, 0.29) is 0 Å². The van der Waals surface area contributed by atoms with Gasteiger partial charge in [0.15, 0.2) is 0 Å². The monoisotopic (exact) mass is 864 g/mol. The average Bonchev–Trinajstić information content (AvgIpc) is 3.94. The smallest absolute Gasteiger partial charge is 0.0547 e. The van der Waals surface area contributed by atoms with Crippen molar-refractivity contribution >= 4 is 43.6 Å². The van der Waals surface area contributed by atoms with Crippen LogP contribution in [0.25, 0.3) is 122 Å². The Hall–Kier alpha value is -8.98. The van der Waals surface area contributed by atoms with E-state index in [1.807, 2.05) is 0 Å². The number of benzene rings is 11. The number of rotatable bonds is 8. The van der Waals surface area contributed by atoms with Gasteiger partial charge < -0.3 is 9.13 Å². The minimum absolute atomic E-state index is 1.14. The molecule has 2 nitrogen and oxygen atoms in total. The molecule has 0 amide bonds. The zero-order chi connectivity index (χ0) is 45.0. The first-order chi connectivity index (χ1) is 33.7. The van der Waals surface area contributed by atoms with Crippen molar-refractivity contribution in [1.82, 2.24) is 9.13 Å². The molecule has 0 fully saturated rings. The Bertz CT molecular complexity index is 3990. The molecule has 68 heavy (non-hydrogen) atoms. The molecule has 11 aromatic carbocycles. The molecule has 2 heteroatoms. The van der Waals surface area contributed by atoms with Crippen LogP contribution in [0, 0.1) is 0 Å². The summed E-state index contributed by atoms with van der Waals surface area (Å²) >= 11 is 0. The molecule has 0 spiro atoms. The Morgan fingerprint density at radius 2 is 0.647 bits per heavy atom. The third-order valence-electron chi connectivity index (χ3n) is 13.7. The van der Waals surface area contributed by atoms with Crippen molar-refractivity contribution in [3.63, 3.8) is 0 Å². The van der Waals surface area contributed by atoms with E-state index in [4.69, 9.17) is 0 Å². The van der Waals surface area contributed by atoms with Crippen LogP contribution in [0.4, 0.5) is 0 Å². The van der Waals surface area contributed by atoms with Crippen LogP contribution in [0.5, 0.6) is 0 Å². The first-order valence-electron chi connectivity index (χ1n) is 23.4. The first-order valence-corrected chi connectivity index (χ1v) is 23.4. The molecule has 0 radical (unpaired) electrons. The molecule has 0 N–H and O–H groups in total. The van der Waals surface area contributed by atoms with E-state index in [9.17, 15) is 0 Å². The predicted molar refractivity (Wildman–Crippen MR) is 288 cm³/mol. The lowest BCUT2D eigenvalue weighted by atomic mass is 9.95. The largest absolute Gasteiger partial charge is 0.309 e. The molecule has 0 aliphatic rings. The summed E-state index contributed by atoms with van der Waals surface area (Å²) in [5, 5.41) is 4.93. The second-order valence-corrected chi connectivity index (χ2v) is 17.7. The van der Waals surface area contributed by atoms with Gasteiger partial charge >= 0.3 is 0 Å². The van der Waals surface area contributed by atoms with E-state index < -0.39 is 0 Å². The Morgan fingerprint density at radius 3 is 1.32 bits per heavy atom. The summed E-state index contributed by atoms with van der Waals surface area (Å²) in [6, 6.07) is 97.4. The fraction of sp³-hybridized carbons (Fsp3) is 0. The molecule has 2 heterocycles. The summed E-state index contributed by atoms with van der Waals surface area (Å²) in [5.74, 6) is 0. The Balaban J connectivity index is 0.981. The minimum Gasteiger partial charge on any atom is -0.309 e. The maximum Gasteiger partial charge on any atom is 0.0547 e. The molecule has 13 rings (SSSR count). The second kappa shape index (κ2) is 16.5. The highest BCUT2D eigenvalue weighted by atomic mass is 15.0. The second-order valence-electron chi connectivity index (χ2n) is 17.7. The number of fused-ring (bicyclic) bond motifs is 6. The summed E-state index contributed by atoms with van der Waals surface area (Å²) < 4.78 is 4.91. The Morgan fingerprint density at radius 1 is 0.206 bits per heavy atom. The van der Waals surface area contributed by atoms with Crippen molar-refractivity contribution in [1.29, 1.82) is 0 Å². The van der Waals surface area contributed by atoms with Crippen molar-refractivity contribution in [3.8, 4) is 78.1 Å². The normalized spacial score (nSPS) is 11.5. The maximum absolute atomic E-state index is 2.47. The van der Waals surface area contributed by atoms with E-state index in [0.29, 0.717) is 0 Å². The van der Waals surface area contributed by atoms with Crippen LogP contribution in [0.1, 0.15) is 0 Å². The molecular weight excluding hydrogens is 821 g/mol. The molecule has 318 valence electrons. The van der Waals surface area contributed by atoms with Crippen LogP contribution in [-0.2, 0) is 0 Å². The quantitative estimate of drug-likeness (QED) is 0.144. The lowest BCUT2D eigenvalue weighted by Crippen LogP contribution is -1.98.